The third-order valence-electron chi connectivity index (χ3n) is 3.79. The highest BCUT2D eigenvalue weighted by atomic mass is 16.2. The van der Waals surface area contributed by atoms with Crippen LogP contribution in [0.3, 0.4) is 0 Å². The predicted octanol–water partition coefficient (Wildman–Crippen LogP) is 1.57. The largest absolute Gasteiger partial charge is 0.354 e. The van der Waals surface area contributed by atoms with Gasteiger partial charge in [0, 0.05) is 38.2 Å². The normalized spacial score (nSPS) is 15.8. The van der Waals surface area contributed by atoms with E-state index in [1.807, 2.05) is 6.92 Å². The van der Waals surface area contributed by atoms with Crippen molar-refractivity contribution in [1.82, 2.24) is 20.2 Å². The van der Waals surface area contributed by atoms with E-state index in [1.165, 1.54) is 5.69 Å². The molecule has 5 nitrogen and oxygen atoms in total. The molecule has 1 aliphatic heterocycles. The lowest BCUT2D eigenvalue weighted by molar-refractivity contribution is -0.123. The quantitative estimate of drug-likeness (QED) is 0.830. The van der Waals surface area contributed by atoms with Crippen LogP contribution in [0.15, 0.2) is 0 Å². The molecule has 0 saturated heterocycles. The minimum Gasteiger partial charge on any atom is -0.354 e. The molecule has 112 valence electrons. The summed E-state index contributed by atoms with van der Waals surface area (Å²) in [4.78, 5) is 17.0. The molecule has 20 heavy (non-hydrogen) atoms. The van der Waals surface area contributed by atoms with Gasteiger partial charge in [-0.15, -0.1) is 0 Å². The number of nitrogens with one attached hydrogen (secondary N) is 2. The van der Waals surface area contributed by atoms with Crippen molar-refractivity contribution in [2.24, 2.45) is 0 Å². The van der Waals surface area contributed by atoms with Gasteiger partial charge in [0.15, 0.2) is 0 Å². The lowest BCUT2D eigenvalue weighted by Gasteiger charge is -2.21. The van der Waals surface area contributed by atoms with Crippen molar-refractivity contribution in [3.63, 3.8) is 0 Å². The molecule has 0 aromatic carbocycles. The first-order valence-electron chi connectivity index (χ1n) is 7.76. The van der Waals surface area contributed by atoms with Gasteiger partial charge in [-0.05, 0) is 19.8 Å². The number of nitrogens with zero attached hydrogens (tertiary/aromatic N) is 2. The van der Waals surface area contributed by atoms with Crippen molar-refractivity contribution in [2.45, 2.75) is 59.0 Å². The van der Waals surface area contributed by atoms with Crippen LogP contribution in [-0.2, 0) is 24.2 Å². The summed E-state index contributed by atoms with van der Waals surface area (Å²) >= 11 is 0. The lowest BCUT2D eigenvalue weighted by Crippen LogP contribution is -2.34. The average Bonchev–Trinajstić information content (AvgIpc) is 2.82. The molecule has 5 heteroatoms. The van der Waals surface area contributed by atoms with Crippen LogP contribution < -0.4 is 10.6 Å². The number of imidazole rings is 1. The second-order valence-corrected chi connectivity index (χ2v) is 5.44. The van der Waals surface area contributed by atoms with E-state index in [4.69, 9.17) is 4.98 Å². The monoisotopic (exact) mass is 278 g/mol. The van der Waals surface area contributed by atoms with E-state index >= 15 is 0 Å². The van der Waals surface area contributed by atoms with E-state index in [2.05, 4.69) is 29.0 Å². The van der Waals surface area contributed by atoms with Gasteiger partial charge in [-0.1, -0.05) is 13.8 Å². The number of aromatic nitrogens is 2. The Morgan fingerprint density at radius 2 is 2.25 bits per heavy atom. The summed E-state index contributed by atoms with van der Waals surface area (Å²) in [5, 5.41) is 6.34. The van der Waals surface area contributed by atoms with Crippen LogP contribution in [0.2, 0.25) is 0 Å². The molecule has 1 atom stereocenters. The van der Waals surface area contributed by atoms with E-state index in [0.29, 0.717) is 0 Å². The third kappa shape index (κ3) is 3.03. The Morgan fingerprint density at radius 1 is 1.45 bits per heavy atom. The number of carbonyl (C=O) groups is 1. The Morgan fingerprint density at radius 3 is 2.95 bits per heavy atom. The Labute approximate surface area is 121 Å². The van der Waals surface area contributed by atoms with Gasteiger partial charge in [-0.25, -0.2) is 4.98 Å². The average molecular weight is 278 g/mol. The second-order valence-electron chi connectivity index (χ2n) is 5.44. The van der Waals surface area contributed by atoms with Crippen molar-refractivity contribution >= 4 is 5.91 Å². The smallest absolute Gasteiger partial charge is 0.242 e. The molecule has 0 aliphatic carbocycles. The lowest BCUT2D eigenvalue weighted by atomic mass is 10.1. The summed E-state index contributed by atoms with van der Waals surface area (Å²) < 4.78 is 2.17. The zero-order valence-corrected chi connectivity index (χ0v) is 12.8. The van der Waals surface area contributed by atoms with E-state index in [0.717, 1.165) is 56.8 Å². The van der Waals surface area contributed by atoms with E-state index < -0.39 is 0 Å². The summed E-state index contributed by atoms with van der Waals surface area (Å²) in [6, 6.07) is -0.169. The zero-order valence-electron chi connectivity index (χ0n) is 12.8. The van der Waals surface area contributed by atoms with E-state index in [-0.39, 0.29) is 11.9 Å². The Kier molecular flexibility index (Phi) is 5.17. The molecule has 1 amide bonds. The Balaban J connectivity index is 2.27. The van der Waals surface area contributed by atoms with Gasteiger partial charge in [-0.2, -0.15) is 0 Å². The predicted molar refractivity (Wildman–Crippen MR) is 79.6 cm³/mol. The van der Waals surface area contributed by atoms with Crippen LogP contribution in [0.4, 0.5) is 0 Å². The molecule has 2 heterocycles. The van der Waals surface area contributed by atoms with Gasteiger partial charge >= 0.3 is 0 Å². The van der Waals surface area contributed by atoms with Crippen molar-refractivity contribution < 1.29 is 4.79 Å². The first-order valence-corrected chi connectivity index (χ1v) is 7.76. The fraction of sp³-hybridized carbons (Fsp3) is 0.733. The van der Waals surface area contributed by atoms with Gasteiger partial charge in [-0.3, -0.25) is 4.79 Å². The van der Waals surface area contributed by atoms with Crippen LogP contribution in [0, 0.1) is 0 Å². The van der Waals surface area contributed by atoms with Gasteiger partial charge in [0.25, 0.3) is 0 Å². The van der Waals surface area contributed by atoms with Crippen LogP contribution in [0.1, 0.15) is 56.9 Å². The van der Waals surface area contributed by atoms with Crippen LogP contribution in [0.25, 0.3) is 0 Å². The molecule has 0 spiro atoms. The van der Waals surface area contributed by atoms with Gasteiger partial charge < -0.3 is 15.2 Å². The highest BCUT2D eigenvalue weighted by Crippen LogP contribution is 2.22. The maximum absolute atomic E-state index is 12.3. The number of amides is 1. The van der Waals surface area contributed by atoms with E-state index in [1.54, 1.807) is 0 Å². The SMILES string of the molecule is CCCNC(=O)C(C)n1c(CCC)nc2c1CCNC2. The number of aryl methyl sites for hydroxylation is 1. The second kappa shape index (κ2) is 6.88. The Hall–Kier alpha value is -1.36. The molecule has 1 aromatic heterocycles. The maximum Gasteiger partial charge on any atom is 0.242 e. The summed E-state index contributed by atoms with van der Waals surface area (Å²) in [5.74, 6) is 1.16. The minimum absolute atomic E-state index is 0.0999. The van der Waals surface area contributed by atoms with E-state index in [9.17, 15) is 4.79 Å². The number of fused-ring (bicyclic) bond motifs is 1. The number of rotatable bonds is 6. The summed E-state index contributed by atoms with van der Waals surface area (Å²) in [5.41, 5.74) is 2.36. The fourth-order valence-corrected chi connectivity index (χ4v) is 2.76. The minimum atomic E-state index is -0.169. The number of hydrogen-bond donors (Lipinski definition) is 2. The van der Waals surface area contributed by atoms with Gasteiger partial charge in [0.1, 0.15) is 11.9 Å². The molecule has 2 rings (SSSR count). The molecule has 0 bridgehead atoms. The fourth-order valence-electron chi connectivity index (χ4n) is 2.76. The van der Waals surface area contributed by atoms with Gasteiger partial charge in [0.05, 0.1) is 5.69 Å². The third-order valence-corrected chi connectivity index (χ3v) is 3.79. The van der Waals surface area contributed by atoms with Crippen LogP contribution >= 0.6 is 0 Å². The van der Waals surface area contributed by atoms with Crippen LogP contribution in [-0.4, -0.2) is 28.5 Å². The summed E-state index contributed by atoms with van der Waals surface area (Å²) in [6.07, 6.45) is 3.90. The molecule has 1 aromatic rings. The first kappa shape index (κ1) is 15.0. The van der Waals surface area contributed by atoms with Crippen molar-refractivity contribution in [2.75, 3.05) is 13.1 Å². The standard InChI is InChI=1S/C15H26N4O/c1-4-6-14-18-12-10-16-9-7-13(12)19(14)11(3)15(20)17-8-5-2/h11,16H,4-10H2,1-3H3,(H,17,20). The molecular weight excluding hydrogens is 252 g/mol. The highest BCUT2D eigenvalue weighted by molar-refractivity contribution is 5.80. The van der Waals surface area contributed by atoms with Gasteiger partial charge in [0.2, 0.25) is 5.91 Å². The number of carbonyl (C=O) groups excluding carboxylic acids is 1. The topological polar surface area (TPSA) is 59.0 Å². The molecule has 2 N–H and O–H groups in total. The molecule has 0 saturated carbocycles. The van der Waals surface area contributed by atoms with Crippen molar-refractivity contribution in [3.8, 4) is 0 Å². The summed E-state index contributed by atoms with van der Waals surface area (Å²) in [6.45, 7) is 8.73. The van der Waals surface area contributed by atoms with Crippen molar-refractivity contribution in [3.05, 3.63) is 17.2 Å². The zero-order chi connectivity index (χ0) is 14.5. The number of hydrogen-bond acceptors (Lipinski definition) is 3. The van der Waals surface area contributed by atoms with Crippen LogP contribution in [0.5, 0.6) is 0 Å². The first-order chi connectivity index (χ1) is 9.69. The molecule has 1 aliphatic rings. The summed E-state index contributed by atoms with van der Waals surface area (Å²) in [7, 11) is 0. The highest BCUT2D eigenvalue weighted by Gasteiger charge is 2.25. The molecular formula is C15H26N4O. The maximum atomic E-state index is 12.3. The Bertz CT molecular complexity index is 467. The van der Waals surface area contributed by atoms with Crippen molar-refractivity contribution in [1.29, 1.82) is 0 Å². The molecule has 0 radical (unpaired) electrons. The molecule has 1 unspecified atom stereocenters. The molecule has 0 fully saturated rings.